The smallest absolute Gasteiger partial charge is 0.251 e. The number of benzene rings is 2. The number of rotatable bonds is 6. The Balaban J connectivity index is 2.02. The minimum atomic E-state index is -0.0447. The highest BCUT2D eigenvalue weighted by Gasteiger charge is 2.06. The molecule has 1 amide bonds. The molecule has 116 valence electrons. The maximum atomic E-state index is 11.8. The minimum absolute atomic E-state index is 0.0447. The zero-order chi connectivity index (χ0) is 15.9. The van der Waals surface area contributed by atoms with E-state index in [-0.39, 0.29) is 12.5 Å². The average molecular weight is 298 g/mol. The molecule has 4 heteroatoms. The monoisotopic (exact) mass is 298 g/mol. The fourth-order valence-electron chi connectivity index (χ4n) is 2.23. The van der Waals surface area contributed by atoms with Crippen molar-refractivity contribution in [3.63, 3.8) is 0 Å². The van der Waals surface area contributed by atoms with Gasteiger partial charge in [0.05, 0.1) is 6.61 Å². The Morgan fingerprint density at radius 2 is 1.77 bits per heavy atom. The van der Waals surface area contributed by atoms with E-state index >= 15 is 0 Å². The van der Waals surface area contributed by atoms with Crippen molar-refractivity contribution >= 4 is 11.6 Å². The topological polar surface area (TPSA) is 61.4 Å². The fourth-order valence-corrected chi connectivity index (χ4v) is 2.23. The van der Waals surface area contributed by atoms with Crippen LogP contribution in [0.15, 0.2) is 42.5 Å². The molecule has 2 aromatic rings. The van der Waals surface area contributed by atoms with Crippen LogP contribution in [-0.2, 0) is 13.2 Å². The number of amides is 1. The van der Waals surface area contributed by atoms with Crippen LogP contribution in [0.1, 0.15) is 34.0 Å². The first-order valence-corrected chi connectivity index (χ1v) is 7.45. The van der Waals surface area contributed by atoms with Crippen LogP contribution in [0.5, 0.6) is 0 Å². The number of nitrogens with one attached hydrogen (secondary N) is 2. The van der Waals surface area contributed by atoms with Crippen molar-refractivity contribution in [2.75, 3.05) is 11.9 Å². The number of aryl methyl sites for hydroxylation is 1. The van der Waals surface area contributed by atoms with Crippen LogP contribution in [0.3, 0.4) is 0 Å². The molecule has 2 aromatic carbocycles. The summed E-state index contributed by atoms with van der Waals surface area (Å²) in [7, 11) is 0. The molecule has 0 fully saturated rings. The second kappa shape index (κ2) is 7.61. The molecule has 0 unspecified atom stereocenters. The Morgan fingerprint density at radius 1 is 1.09 bits per heavy atom. The first kappa shape index (κ1) is 16.0. The number of hydrogen-bond donors (Lipinski definition) is 3. The highest BCUT2D eigenvalue weighted by atomic mass is 16.3. The summed E-state index contributed by atoms with van der Waals surface area (Å²) < 4.78 is 0. The molecule has 0 saturated carbocycles. The highest BCUT2D eigenvalue weighted by Crippen LogP contribution is 2.18. The largest absolute Gasteiger partial charge is 0.392 e. The lowest BCUT2D eigenvalue weighted by molar-refractivity contribution is 0.0956. The molecule has 2 rings (SSSR count). The van der Waals surface area contributed by atoms with E-state index in [2.05, 4.69) is 10.6 Å². The summed E-state index contributed by atoms with van der Waals surface area (Å²) in [6, 6.07) is 13.5. The quantitative estimate of drug-likeness (QED) is 0.768. The van der Waals surface area contributed by atoms with Gasteiger partial charge in [0, 0.05) is 24.3 Å². The van der Waals surface area contributed by atoms with Crippen molar-refractivity contribution in [3.8, 4) is 0 Å². The predicted molar refractivity (Wildman–Crippen MR) is 88.9 cm³/mol. The molecule has 0 radical (unpaired) electrons. The number of hydrogen-bond acceptors (Lipinski definition) is 3. The van der Waals surface area contributed by atoms with Crippen molar-refractivity contribution in [2.24, 2.45) is 0 Å². The molecule has 0 heterocycles. The van der Waals surface area contributed by atoms with Crippen LogP contribution in [-0.4, -0.2) is 17.6 Å². The summed E-state index contributed by atoms with van der Waals surface area (Å²) in [6.07, 6.45) is 0. The SMILES string of the molecule is CCNC(=O)c1ccc(NCc2ccc(CO)cc2)c(C)c1. The molecular formula is C18H22N2O2. The van der Waals surface area contributed by atoms with E-state index in [9.17, 15) is 4.79 Å². The van der Waals surface area contributed by atoms with Gasteiger partial charge in [0.25, 0.3) is 5.91 Å². The van der Waals surface area contributed by atoms with Crippen LogP contribution < -0.4 is 10.6 Å². The lowest BCUT2D eigenvalue weighted by Crippen LogP contribution is -2.22. The number of carbonyl (C=O) groups is 1. The molecule has 0 atom stereocenters. The average Bonchev–Trinajstić information content (AvgIpc) is 2.54. The number of carbonyl (C=O) groups excluding carboxylic acids is 1. The number of anilines is 1. The van der Waals surface area contributed by atoms with E-state index in [4.69, 9.17) is 5.11 Å². The van der Waals surface area contributed by atoms with Gasteiger partial charge >= 0.3 is 0 Å². The Bertz CT molecular complexity index is 636. The second-order valence-electron chi connectivity index (χ2n) is 5.22. The van der Waals surface area contributed by atoms with Gasteiger partial charge in [0.2, 0.25) is 0 Å². The summed E-state index contributed by atoms with van der Waals surface area (Å²) in [6.45, 7) is 5.28. The standard InChI is InChI=1S/C18H22N2O2/c1-3-19-18(22)16-8-9-17(13(2)10-16)20-11-14-4-6-15(12-21)7-5-14/h4-10,20-21H,3,11-12H2,1-2H3,(H,19,22). The Hall–Kier alpha value is -2.33. The molecule has 0 aliphatic carbocycles. The summed E-state index contributed by atoms with van der Waals surface area (Å²) in [5.74, 6) is -0.0447. The van der Waals surface area contributed by atoms with Crippen molar-refractivity contribution in [1.29, 1.82) is 0 Å². The second-order valence-corrected chi connectivity index (χ2v) is 5.22. The predicted octanol–water partition coefficient (Wildman–Crippen LogP) is 2.85. The van der Waals surface area contributed by atoms with E-state index in [1.54, 1.807) is 0 Å². The van der Waals surface area contributed by atoms with Gasteiger partial charge in [-0.2, -0.15) is 0 Å². The summed E-state index contributed by atoms with van der Waals surface area (Å²) in [5, 5.41) is 15.2. The van der Waals surface area contributed by atoms with Crippen molar-refractivity contribution < 1.29 is 9.90 Å². The Kier molecular flexibility index (Phi) is 5.55. The molecule has 0 aliphatic heterocycles. The minimum Gasteiger partial charge on any atom is -0.392 e. The maximum absolute atomic E-state index is 11.8. The molecule has 0 spiro atoms. The van der Waals surface area contributed by atoms with E-state index in [0.717, 1.165) is 22.4 Å². The van der Waals surface area contributed by atoms with E-state index in [1.807, 2.05) is 56.3 Å². The Labute approximate surface area is 131 Å². The summed E-state index contributed by atoms with van der Waals surface area (Å²) in [5.41, 5.74) is 4.78. The molecule has 0 aliphatic rings. The lowest BCUT2D eigenvalue weighted by atomic mass is 10.1. The van der Waals surface area contributed by atoms with Crippen molar-refractivity contribution in [3.05, 3.63) is 64.7 Å². The van der Waals surface area contributed by atoms with Gasteiger partial charge in [-0.05, 0) is 48.7 Å². The number of aliphatic hydroxyl groups excluding tert-OH is 1. The molecule has 3 N–H and O–H groups in total. The van der Waals surface area contributed by atoms with Gasteiger partial charge in [0.15, 0.2) is 0 Å². The third-order valence-electron chi connectivity index (χ3n) is 3.51. The summed E-state index contributed by atoms with van der Waals surface area (Å²) >= 11 is 0. The molecule has 0 aromatic heterocycles. The van der Waals surface area contributed by atoms with Gasteiger partial charge in [-0.25, -0.2) is 0 Å². The zero-order valence-electron chi connectivity index (χ0n) is 13.0. The van der Waals surface area contributed by atoms with E-state index in [0.29, 0.717) is 18.7 Å². The highest BCUT2D eigenvalue weighted by molar-refractivity contribution is 5.94. The normalized spacial score (nSPS) is 10.3. The van der Waals surface area contributed by atoms with Crippen LogP contribution in [0.4, 0.5) is 5.69 Å². The first-order chi connectivity index (χ1) is 10.6. The maximum Gasteiger partial charge on any atom is 0.251 e. The van der Waals surface area contributed by atoms with Gasteiger partial charge in [-0.15, -0.1) is 0 Å². The molecule has 0 saturated heterocycles. The Morgan fingerprint density at radius 3 is 2.36 bits per heavy atom. The zero-order valence-corrected chi connectivity index (χ0v) is 13.0. The van der Waals surface area contributed by atoms with Gasteiger partial charge in [0.1, 0.15) is 0 Å². The third kappa shape index (κ3) is 4.09. The van der Waals surface area contributed by atoms with E-state index in [1.165, 1.54) is 0 Å². The molecule has 4 nitrogen and oxygen atoms in total. The fraction of sp³-hybridized carbons (Fsp3) is 0.278. The third-order valence-corrected chi connectivity index (χ3v) is 3.51. The summed E-state index contributed by atoms with van der Waals surface area (Å²) in [4.78, 5) is 11.8. The number of aliphatic hydroxyl groups is 1. The van der Waals surface area contributed by atoms with Crippen LogP contribution >= 0.6 is 0 Å². The van der Waals surface area contributed by atoms with Crippen molar-refractivity contribution in [1.82, 2.24) is 5.32 Å². The van der Waals surface area contributed by atoms with Crippen LogP contribution in [0.2, 0.25) is 0 Å². The molecule has 0 bridgehead atoms. The lowest BCUT2D eigenvalue weighted by Gasteiger charge is -2.11. The first-order valence-electron chi connectivity index (χ1n) is 7.45. The van der Waals surface area contributed by atoms with Gasteiger partial charge in [-0.3, -0.25) is 4.79 Å². The molecule has 22 heavy (non-hydrogen) atoms. The van der Waals surface area contributed by atoms with Crippen LogP contribution in [0, 0.1) is 6.92 Å². The molecular weight excluding hydrogens is 276 g/mol. The van der Waals surface area contributed by atoms with E-state index < -0.39 is 0 Å². The van der Waals surface area contributed by atoms with Gasteiger partial charge in [-0.1, -0.05) is 24.3 Å². The van der Waals surface area contributed by atoms with Crippen LogP contribution in [0.25, 0.3) is 0 Å². The van der Waals surface area contributed by atoms with Gasteiger partial charge < -0.3 is 15.7 Å². The van der Waals surface area contributed by atoms with Crippen molar-refractivity contribution in [2.45, 2.75) is 27.0 Å².